The summed E-state index contributed by atoms with van der Waals surface area (Å²) in [7, 11) is 0. The molecule has 2 aromatic carbocycles. The molecule has 0 radical (unpaired) electrons. The van der Waals surface area contributed by atoms with Crippen molar-refractivity contribution in [2.45, 2.75) is 32.9 Å². The maximum Gasteiger partial charge on any atom is 0.326 e. The number of carboxylic acids is 1. The maximum absolute atomic E-state index is 12.3. The lowest BCUT2D eigenvalue weighted by molar-refractivity contribution is -0.143. The molecule has 0 bridgehead atoms. The minimum atomic E-state index is -1.10. The number of nitrogens with zero attached hydrogens (tertiary/aromatic N) is 2. The smallest absolute Gasteiger partial charge is 0.326 e. The number of hydrogen-bond acceptors (Lipinski definition) is 4. The molecule has 3 aromatic rings. The summed E-state index contributed by atoms with van der Waals surface area (Å²) >= 11 is 0. The quantitative estimate of drug-likeness (QED) is 0.643. The second-order valence-electron chi connectivity index (χ2n) is 7.05. The van der Waals surface area contributed by atoms with Gasteiger partial charge in [-0.1, -0.05) is 56.7 Å². The van der Waals surface area contributed by atoms with Crippen LogP contribution in [-0.4, -0.2) is 32.8 Å². The van der Waals surface area contributed by atoms with Crippen LogP contribution in [0.4, 0.5) is 0 Å². The van der Waals surface area contributed by atoms with Crippen molar-refractivity contribution in [3.05, 3.63) is 65.0 Å². The van der Waals surface area contributed by atoms with Crippen molar-refractivity contribution in [1.29, 1.82) is 0 Å². The van der Waals surface area contributed by atoms with Crippen LogP contribution in [0.1, 0.15) is 20.3 Å². The first kappa shape index (κ1) is 20.3. The molecule has 0 saturated heterocycles. The van der Waals surface area contributed by atoms with Crippen LogP contribution in [0.25, 0.3) is 22.0 Å². The molecule has 150 valence electrons. The van der Waals surface area contributed by atoms with Gasteiger partial charge in [-0.2, -0.15) is 5.10 Å². The number of carbonyl (C=O) groups excluding carboxylic acids is 1. The summed E-state index contributed by atoms with van der Waals surface area (Å²) in [5.74, 6) is -1.90. The molecule has 0 aliphatic rings. The Hall–Kier alpha value is -3.48. The van der Waals surface area contributed by atoms with Crippen LogP contribution >= 0.6 is 0 Å². The molecule has 0 unspecified atom stereocenters. The van der Waals surface area contributed by atoms with E-state index >= 15 is 0 Å². The standard InChI is InChI=1S/C22H23N3O4/c1-3-14(2)21(22(28)29)23-19(26)13-25-20(27)11-10-18(24-25)17-9-8-15-6-4-5-7-16(15)12-17/h4-12,14,21H,3,13H2,1-2H3,(H,23,26)(H,28,29)/t14-,21+/m0/s1. The summed E-state index contributed by atoms with van der Waals surface area (Å²) in [4.78, 5) is 35.9. The van der Waals surface area contributed by atoms with E-state index in [-0.39, 0.29) is 12.5 Å². The molecule has 1 amide bonds. The first-order valence-corrected chi connectivity index (χ1v) is 9.48. The number of fused-ring (bicyclic) bond motifs is 1. The molecule has 1 heterocycles. The van der Waals surface area contributed by atoms with Crippen LogP contribution in [0.3, 0.4) is 0 Å². The van der Waals surface area contributed by atoms with E-state index in [0.717, 1.165) is 21.0 Å². The largest absolute Gasteiger partial charge is 0.480 e. The van der Waals surface area contributed by atoms with E-state index in [1.807, 2.05) is 49.4 Å². The number of aromatic nitrogens is 2. The second kappa shape index (κ2) is 8.68. The molecule has 0 aliphatic heterocycles. The Kier molecular flexibility index (Phi) is 6.07. The van der Waals surface area contributed by atoms with Crippen LogP contribution < -0.4 is 10.9 Å². The third-order valence-electron chi connectivity index (χ3n) is 5.00. The Balaban J connectivity index is 1.84. The zero-order valence-corrected chi connectivity index (χ0v) is 16.3. The minimum Gasteiger partial charge on any atom is -0.480 e. The van der Waals surface area contributed by atoms with Gasteiger partial charge in [-0.05, 0) is 28.8 Å². The fraction of sp³-hybridized carbons (Fsp3) is 0.273. The monoisotopic (exact) mass is 393 g/mol. The molecular formula is C22H23N3O4. The number of carbonyl (C=O) groups is 2. The number of aliphatic carboxylic acids is 1. The average Bonchev–Trinajstić information content (AvgIpc) is 2.72. The molecule has 29 heavy (non-hydrogen) atoms. The lowest BCUT2D eigenvalue weighted by atomic mass is 9.99. The molecule has 0 saturated carbocycles. The number of amides is 1. The number of hydrogen-bond donors (Lipinski definition) is 2. The van der Waals surface area contributed by atoms with Gasteiger partial charge in [-0.25, -0.2) is 9.48 Å². The van der Waals surface area contributed by atoms with E-state index in [2.05, 4.69) is 10.4 Å². The molecule has 2 atom stereocenters. The van der Waals surface area contributed by atoms with Gasteiger partial charge in [0, 0.05) is 11.6 Å². The molecule has 0 spiro atoms. The molecular weight excluding hydrogens is 370 g/mol. The first-order valence-electron chi connectivity index (χ1n) is 9.48. The molecule has 3 rings (SSSR count). The lowest BCUT2D eigenvalue weighted by Crippen LogP contribution is -2.47. The van der Waals surface area contributed by atoms with Crippen molar-refractivity contribution in [2.24, 2.45) is 5.92 Å². The molecule has 0 aliphatic carbocycles. The summed E-state index contributed by atoms with van der Waals surface area (Å²) in [5, 5.41) is 18.2. The molecule has 0 fully saturated rings. The Morgan fingerprint density at radius 1 is 1.10 bits per heavy atom. The van der Waals surface area contributed by atoms with Gasteiger partial charge in [0.25, 0.3) is 5.56 Å². The van der Waals surface area contributed by atoms with Crippen LogP contribution in [0, 0.1) is 5.92 Å². The average molecular weight is 393 g/mol. The van der Waals surface area contributed by atoms with Gasteiger partial charge in [-0.3, -0.25) is 9.59 Å². The fourth-order valence-corrected chi connectivity index (χ4v) is 3.10. The topological polar surface area (TPSA) is 101 Å². The summed E-state index contributed by atoms with van der Waals surface area (Å²) in [6, 6.07) is 15.7. The third kappa shape index (κ3) is 4.68. The van der Waals surface area contributed by atoms with Crippen molar-refractivity contribution in [1.82, 2.24) is 15.1 Å². The van der Waals surface area contributed by atoms with E-state index in [0.29, 0.717) is 12.1 Å². The van der Waals surface area contributed by atoms with Crippen molar-refractivity contribution >= 4 is 22.6 Å². The minimum absolute atomic E-state index is 0.231. The highest BCUT2D eigenvalue weighted by molar-refractivity contribution is 5.87. The van der Waals surface area contributed by atoms with Gasteiger partial charge in [0.1, 0.15) is 12.6 Å². The highest BCUT2D eigenvalue weighted by Gasteiger charge is 2.25. The number of carboxylic acid groups (broad SMARTS) is 1. The second-order valence-corrected chi connectivity index (χ2v) is 7.05. The number of nitrogens with one attached hydrogen (secondary N) is 1. The normalized spacial score (nSPS) is 13.0. The zero-order valence-electron chi connectivity index (χ0n) is 16.3. The van der Waals surface area contributed by atoms with E-state index in [1.54, 1.807) is 13.0 Å². The Labute approximate surface area is 168 Å². The van der Waals surface area contributed by atoms with Crippen molar-refractivity contribution in [3.8, 4) is 11.3 Å². The van der Waals surface area contributed by atoms with Gasteiger partial charge >= 0.3 is 5.97 Å². The molecule has 7 heteroatoms. The SMILES string of the molecule is CC[C@H](C)[C@@H](NC(=O)Cn1nc(-c2ccc3ccccc3c2)ccc1=O)C(=O)O. The van der Waals surface area contributed by atoms with Crippen LogP contribution in [-0.2, 0) is 16.1 Å². The van der Waals surface area contributed by atoms with Crippen molar-refractivity contribution in [2.75, 3.05) is 0 Å². The van der Waals surface area contributed by atoms with Gasteiger partial charge in [0.15, 0.2) is 0 Å². The summed E-state index contributed by atoms with van der Waals surface area (Å²) in [6.07, 6.45) is 0.604. The lowest BCUT2D eigenvalue weighted by Gasteiger charge is -2.20. The molecule has 2 N–H and O–H groups in total. The predicted molar refractivity (Wildman–Crippen MR) is 110 cm³/mol. The molecule has 1 aromatic heterocycles. The third-order valence-corrected chi connectivity index (χ3v) is 5.00. The summed E-state index contributed by atoms with van der Waals surface area (Å²) < 4.78 is 1.05. The molecule has 7 nitrogen and oxygen atoms in total. The van der Waals surface area contributed by atoms with Crippen LogP contribution in [0.2, 0.25) is 0 Å². The Morgan fingerprint density at radius 2 is 1.83 bits per heavy atom. The zero-order chi connectivity index (χ0) is 21.0. The van der Waals surface area contributed by atoms with E-state index in [9.17, 15) is 19.5 Å². The van der Waals surface area contributed by atoms with Gasteiger partial charge in [-0.15, -0.1) is 0 Å². The van der Waals surface area contributed by atoms with Gasteiger partial charge < -0.3 is 10.4 Å². The van der Waals surface area contributed by atoms with Gasteiger partial charge in [0.2, 0.25) is 5.91 Å². The summed E-state index contributed by atoms with van der Waals surface area (Å²) in [5.41, 5.74) is 0.945. The summed E-state index contributed by atoms with van der Waals surface area (Å²) in [6.45, 7) is 3.26. The highest BCUT2D eigenvalue weighted by Crippen LogP contribution is 2.22. The van der Waals surface area contributed by atoms with Crippen molar-refractivity contribution in [3.63, 3.8) is 0 Å². The Bertz CT molecular complexity index is 1110. The maximum atomic E-state index is 12.3. The Morgan fingerprint density at radius 3 is 2.52 bits per heavy atom. The van der Waals surface area contributed by atoms with Crippen LogP contribution in [0.15, 0.2) is 59.4 Å². The number of rotatable bonds is 7. The van der Waals surface area contributed by atoms with E-state index in [4.69, 9.17) is 0 Å². The van der Waals surface area contributed by atoms with Gasteiger partial charge in [0.05, 0.1) is 5.69 Å². The predicted octanol–water partition coefficient (Wildman–Crippen LogP) is 2.68. The number of benzene rings is 2. The fourth-order valence-electron chi connectivity index (χ4n) is 3.10. The van der Waals surface area contributed by atoms with Crippen molar-refractivity contribution < 1.29 is 14.7 Å². The highest BCUT2D eigenvalue weighted by atomic mass is 16.4. The van der Waals surface area contributed by atoms with E-state index < -0.39 is 23.5 Å². The first-order chi connectivity index (χ1) is 13.9. The van der Waals surface area contributed by atoms with Crippen LogP contribution in [0.5, 0.6) is 0 Å². The van der Waals surface area contributed by atoms with E-state index in [1.165, 1.54) is 6.07 Å².